The van der Waals surface area contributed by atoms with Crippen LogP contribution in [0.2, 0.25) is 0 Å². The van der Waals surface area contributed by atoms with E-state index in [4.69, 9.17) is 4.42 Å². The fraction of sp³-hybridized carbons (Fsp3) is 0.0833. The summed E-state index contributed by atoms with van der Waals surface area (Å²) >= 11 is 0. The molecule has 1 aliphatic rings. The predicted molar refractivity (Wildman–Crippen MR) is 54.1 cm³/mol. The number of hydrogen-bond donors (Lipinski definition) is 0. The Morgan fingerprint density at radius 3 is 3.07 bits per heavy atom. The molecular formula is C12H8O2. The van der Waals surface area contributed by atoms with E-state index >= 15 is 0 Å². The molecule has 0 amide bonds. The van der Waals surface area contributed by atoms with Crippen LogP contribution in [-0.4, -0.2) is 6.29 Å². The molecule has 0 N–H and O–H groups in total. The molecule has 1 atom stereocenters. The van der Waals surface area contributed by atoms with Crippen molar-refractivity contribution in [3.63, 3.8) is 0 Å². The first-order valence-electron chi connectivity index (χ1n) is 4.52. The largest absolute Gasteiger partial charge is 0.471 e. The van der Waals surface area contributed by atoms with Crippen LogP contribution < -0.4 is 0 Å². The molecule has 3 rings (SSSR count). The van der Waals surface area contributed by atoms with Gasteiger partial charge >= 0.3 is 0 Å². The first-order chi connectivity index (χ1) is 6.90. The average Bonchev–Trinajstić information content (AvgIpc) is 2.82. The summed E-state index contributed by atoms with van der Waals surface area (Å²) in [5.74, 6) is -0.0794. The number of aldehydes is 1. The minimum atomic E-state index is -0.0794. The molecule has 1 aliphatic carbocycles. The van der Waals surface area contributed by atoms with E-state index in [9.17, 15) is 4.79 Å². The van der Waals surface area contributed by atoms with Crippen LogP contribution in [0.1, 0.15) is 17.0 Å². The van der Waals surface area contributed by atoms with Crippen LogP contribution >= 0.6 is 0 Å². The van der Waals surface area contributed by atoms with E-state index in [0.717, 1.165) is 28.2 Å². The van der Waals surface area contributed by atoms with Gasteiger partial charge in [-0.3, -0.25) is 0 Å². The highest BCUT2D eigenvalue weighted by Crippen LogP contribution is 2.34. The van der Waals surface area contributed by atoms with Crippen molar-refractivity contribution in [2.24, 2.45) is 0 Å². The molecule has 1 heterocycles. The Bertz CT molecular complexity index is 534. The van der Waals surface area contributed by atoms with Crippen molar-refractivity contribution in [3.05, 3.63) is 41.9 Å². The number of furan rings is 1. The van der Waals surface area contributed by atoms with Crippen molar-refractivity contribution in [3.8, 4) is 0 Å². The van der Waals surface area contributed by atoms with Crippen molar-refractivity contribution < 1.29 is 9.21 Å². The van der Waals surface area contributed by atoms with Gasteiger partial charge in [0.05, 0.1) is 18.4 Å². The van der Waals surface area contributed by atoms with E-state index in [-0.39, 0.29) is 5.92 Å². The Morgan fingerprint density at radius 1 is 1.29 bits per heavy atom. The van der Waals surface area contributed by atoms with Crippen LogP contribution in [0.3, 0.4) is 0 Å². The van der Waals surface area contributed by atoms with Crippen molar-refractivity contribution in [1.29, 1.82) is 0 Å². The Labute approximate surface area is 80.8 Å². The standard InChI is InChI=1S/C12H8O2/c13-5-8-1-4-11-10(8)3-2-9-6-14-7-12(9)11/h1-8H. The maximum Gasteiger partial charge on any atom is 0.131 e. The lowest BCUT2D eigenvalue weighted by atomic mass is 9.99. The maximum atomic E-state index is 10.8. The smallest absolute Gasteiger partial charge is 0.131 e. The Balaban J connectivity index is 2.37. The molecular weight excluding hydrogens is 176 g/mol. The third-order valence-corrected chi connectivity index (χ3v) is 2.71. The highest BCUT2D eigenvalue weighted by molar-refractivity contribution is 5.95. The molecule has 0 bridgehead atoms. The van der Waals surface area contributed by atoms with Gasteiger partial charge < -0.3 is 9.21 Å². The number of allylic oxidation sites excluding steroid dienone is 1. The molecule has 1 aromatic carbocycles. The van der Waals surface area contributed by atoms with E-state index in [1.807, 2.05) is 24.3 Å². The van der Waals surface area contributed by atoms with Gasteiger partial charge in [0.15, 0.2) is 0 Å². The minimum Gasteiger partial charge on any atom is -0.471 e. The molecule has 0 saturated heterocycles. The molecule has 1 aromatic heterocycles. The lowest BCUT2D eigenvalue weighted by Crippen LogP contribution is -1.93. The summed E-state index contributed by atoms with van der Waals surface area (Å²) in [5, 5.41) is 2.17. The maximum absolute atomic E-state index is 10.8. The monoisotopic (exact) mass is 184 g/mol. The van der Waals surface area contributed by atoms with E-state index in [1.54, 1.807) is 12.5 Å². The molecule has 2 heteroatoms. The normalized spacial score (nSPS) is 18.7. The summed E-state index contributed by atoms with van der Waals surface area (Å²) in [4.78, 5) is 10.8. The Kier molecular flexibility index (Phi) is 1.39. The summed E-state index contributed by atoms with van der Waals surface area (Å²) in [7, 11) is 0. The van der Waals surface area contributed by atoms with Gasteiger partial charge in [-0.2, -0.15) is 0 Å². The second-order valence-electron chi connectivity index (χ2n) is 3.46. The minimum absolute atomic E-state index is 0.0794. The number of carbonyl (C=O) groups excluding carboxylic acids is 1. The predicted octanol–water partition coefficient (Wildman–Crippen LogP) is 2.74. The van der Waals surface area contributed by atoms with Crippen molar-refractivity contribution >= 4 is 23.1 Å². The number of rotatable bonds is 1. The van der Waals surface area contributed by atoms with Crippen molar-refractivity contribution in [1.82, 2.24) is 0 Å². The molecule has 0 spiro atoms. The zero-order valence-corrected chi connectivity index (χ0v) is 7.44. The quantitative estimate of drug-likeness (QED) is 0.638. The first-order valence-corrected chi connectivity index (χ1v) is 4.52. The summed E-state index contributed by atoms with van der Waals surface area (Å²) in [5.41, 5.74) is 2.20. The summed E-state index contributed by atoms with van der Waals surface area (Å²) in [6.07, 6.45) is 8.33. The SMILES string of the molecule is O=CC1C=Cc2c1ccc1cocc21. The highest BCUT2D eigenvalue weighted by Gasteiger charge is 2.18. The van der Waals surface area contributed by atoms with Crippen LogP contribution in [0.5, 0.6) is 0 Å². The van der Waals surface area contributed by atoms with Crippen LogP contribution in [0, 0.1) is 0 Å². The van der Waals surface area contributed by atoms with Crippen molar-refractivity contribution in [2.75, 3.05) is 0 Å². The summed E-state index contributed by atoms with van der Waals surface area (Å²) in [6.45, 7) is 0. The molecule has 2 aromatic rings. The summed E-state index contributed by atoms with van der Waals surface area (Å²) in [6, 6.07) is 3.98. The average molecular weight is 184 g/mol. The lowest BCUT2D eigenvalue weighted by molar-refractivity contribution is -0.108. The Morgan fingerprint density at radius 2 is 2.21 bits per heavy atom. The molecule has 0 radical (unpaired) electrons. The molecule has 1 unspecified atom stereocenters. The lowest BCUT2D eigenvalue weighted by Gasteiger charge is -2.03. The van der Waals surface area contributed by atoms with Gasteiger partial charge in [0.1, 0.15) is 6.29 Å². The molecule has 68 valence electrons. The van der Waals surface area contributed by atoms with Gasteiger partial charge in [0, 0.05) is 10.8 Å². The van der Waals surface area contributed by atoms with E-state index in [1.165, 1.54) is 0 Å². The Hall–Kier alpha value is -1.83. The topological polar surface area (TPSA) is 30.2 Å². The van der Waals surface area contributed by atoms with Crippen LogP contribution in [0.25, 0.3) is 16.8 Å². The van der Waals surface area contributed by atoms with E-state index < -0.39 is 0 Å². The van der Waals surface area contributed by atoms with Crippen molar-refractivity contribution in [2.45, 2.75) is 5.92 Å². The van der Waals surface area contributed by atoms with Gasteiger partial charge in [-0.15, -0.1) is 0 Å². The van der Waals surface area contributed by atoms with E-state index in [2.05, 4.69) is 0 Å². The fourth-order valence-electron chi connectivity index (χ4n) is 1.98. The third kappa shape index (κ3) is 0.826. The van der Waals surface area contributed by atoms with Gasteiger partial charge in [0.25, 0.3) is 0 Å². The molecule has 2 nitrogen and oxygen atoms in total. The highest BCUT2D eigenvalue weighted by atomic mass is 16.3. The number of fused-ring (bicyclic) bond motifs is 3. The van der Waals surface area contributed by atoms with Gasteiger partial charge in [-0.05, 0) is 11.1 Å². The van der Waals surface area contributed by atoms with Gasteiger partial charge in [-0.1, -0.05) is 24.3 Å². The number of carbonyl (C=O) groups is 1. The van der Waals surface area contributed by atoms with E-state index in [0.29, 0.717) is 0 Å². The first kappa shape index (κ1) is 7.56. The van der Waals surface area contributed by atoms with Gasteiger partial charge in [-0.25, -0.2) is 0 Å². The van der Waals surface area contributed by atoms with Crippen LogP contribution in [0.15, 0.2) is 35.2 Å². The molecule has 0 saturated carbocycles. The molecule has 0 fully saturated rings. The zero-order valence-electron chi connectivity index (χ0n) is 7.44. The number of benzene rings is 1. The molecule has 14 heavy (non-hydrogen) atoms. The van der Waals surface area contributed by atoms with Crippen LogP contribution in [0.4, 0.5) is 0 Å². The number of hydrogen-bond acceptors (Lipinski definition) is 2. The third-order valence-electron chi connectivity index (χ3n) is 2.71. The second kappa shape index (κ2) is 2.58. The fourth-order valence-corrected chi connectivity index (χ4v) is 1.98. The van der Waals surface area contributed by atoms with Gasteiger partial charge in [0.2, 0.25) is 0 Å². The van der Waals surface area contributed by atoms with Crippen LogP contribution in [-0.2, 0) is 4.79 Å². The summed E-state index contributed by atoms with van der Waals surface area (Å²) < 4.78 is 5.14. The zero-order chi connectivity index (χ0) is 9.54. The molecule has 0 aliphatic heterocycles. The second-order valence-corrected chi connectivity index (χ2v) is 3.46.